The Labute approximate surface area is 181 Å². The van der Waals surface area contributed by atoms with Crippen molar-refractivity contribution < 1.29 is 17.9 Å². The van der Waals surface area contributed by atoms with Gasteiger partial charge in [-0.1, -0.05) is 29.8 Å². The van der Waals surface area contributed by atoms with Crippen LogP contribution in [0.4, 0.5) is 5.69 Å². The van der Waals surface area contributed by atoms with E-state index in [1.54, 1.807) is 54.4 Å². The average Bonchev–Trinajstić information content (AvgIpc) is 2.75. The molecule has 8 heteroatoms. The van der Waals surface area contributed by atoms with Gasteiger partial charge in [0.15, 0.2) is 0 Å². The van der Waals surface area contributed by atoms with Gasteiger partial charge in [0.25, 0.3) is 15.9 Å². The SMILES string of the molecule is COc1ccc(S(=O)(=O)Nc2ccc(C(=O)N(C)Cc3ccccc3Cl)cc2)cc1. The molecule has 0 atom stereocenters. The standard InChI is InChI=1S/C22H21ClN2O4S/c1-25(15-17-5-3-4-6-21(17)23)22(26)16-7-9-18(10-8-16)24-30(27,28)20-13-11-19(29-2)12-14-20/h3-14,24H,15H2,1-2H3. The molecule has 0 aliphatic rings. The summed E-state index contributed by atoms with van der Waals surface area (Å²) >= 11 is 6.16. The van der Waals surface area contributed by atoms with E-state index >= 15 is 0 Å². The molecule has 0 aromatic heterocycles. The summed E-state index contributed by atoms with van der Waals surface area (Å²) in [5, 5.41) is 0.598. The minimum atomic E-state index is -3.75. The quantitative estimate of drug-likeness (QED) is 0.585. The van der Waals surface area contributed by atoms with Crippen LogP contribution >= 0.6 is 11.6 Å². The van der Waals surface area contributed by atoms with Crippen LogP contribution in [-0.2, 0) is 16.6 Å². The molecular formula is C22H21ClN2O4S. The van der Waals surface area contributed by atoms with Crippen molar-refractivity contribution in [3.63, 3.8) is 0 Å². The molecule has 0 saturated carbocycles. The maximum Gasteiger partial charge on any atom is 0.261 e. The summed E-state index contributed by atoms with van der Waals surface area (Å²) in [7, 11) is -0.552. The Bertz CT molecular complexity index is 1130. The Kier molecular flexibility index (Phi) is 6.64. The number of amides is 1. The van der Waals surface area contributed by atoms with Crippen LogP contribution in [0.3, 0.4) is 0 Å². The number of benzene rings is 3. The van der Waals surface area contributed by atoms with Gasteiger partial charge < -0.3 is 9.64 Å². The first kappa shape index (κ1) is 21.7. The van der Waals surface area contributed by atoms with Crippen molar-refractivity contribution in [2.45, 2.75) is 11.4 Å². The fourth-order valence-corrected chi connectivity index (χ4v) is 4.08. The van der Waals surface area contributed by atoms with Crippen LogP contribution in [-0.4, -0.2) is 33.4 Å². The number of nitrogens with zero attached hydrogens (tertiary/aromatic N) is 1. The molecule has 0 fully saturated rings. The van der Waals surface area contributed by atoms with Gasteiger partial charge in [0.1, 0.15) is 5.75 Å². The third kappa shape index (κ3) is 5.11. The number of rotatable bonds is 7. The number of hydrogen-bond donors (Lipinski definition) is 1. The summed E-state index contributed by atoms with van der Waals surface area (Å²) in [6.07, 6.45) is 0. The van der Waals surface area contributed by atoms with E-state index in [0.717, 1.165) is 5.56 Å². The molecule has 0 unspecified atom stereocenters. The van der Waals surface area contributed by atoms with Crippen molar-refractivity contribution in [1.82, 2.24) is 4.90 Å². The van der Waals surface area contributed by atoms with Crippen molar-refractivity contribution in [2.75, 3.05) is 18.9 Å². The minimum Gasteiger partial charge on any atom is -0.497 e. The Balaban J connectivity index is 1.69. The van der Waals surface area contributed by atoms with Crippen LogP contribution < -0.4 is 9.46 Å². The number of carbonyl (C=O) groups is 1. The van der Waals surface area contributed by atoms with Crippen LogP contribution in [0.15, 0.2) is 77.7 Å². The first-order chi connectivity index (χ1) is 14.3. The molecule has 0 saturated heterocycles. The van der Waals surface area contributed by atoms with Crippen LogP contribution in [0.2, 0.25) is 5.02 Å². The van der Waals surface area contributed by atoms with Gasteiger partial charge in [0.05, 0.1) is 12.0 Å². The number of halogens is 1. The van der Waals surface area contributed by atoms with Crippen molar-refractivity contribution in [2.24, 2.45) is 0 Å². The van der Waals surface area contributed by atoms with E-state index < -0.39 is 10.0 Å². The van der Waals surface area contributed by atoms with Crippen LogP contribution in [0.25, 0.3) is 0 Å². The smallest absolute Gasteiger partial charge is 0.261 e. The normalized spacial score (nSPS) is 11.0. The number of anilines is 1. The maximum atomic E-state index is 12.7. The first-order valence-electron chi connectivity index (χ1n) is 9.06. The molecule has 0 heterocycles. The van der Waals surface area contributed by atoms with Gasteiger partial charge in [-0.2, -0.15) is 0 Å². The number of nitrogens with one attached hydrogen (secondary N) is 1. The predicted molar refractivity (Wildman–Crippen MR) is 117 cm³/mol. The summed E-state index contributed by atoms with van der Waals surface area (Å²) in [6.45, 7) is 0.365. The molecule has 1 N–H and O–H groups in total. The fourth-order valence-electron chi connectivity index (χ4n) is 2.82. The fraction of sp³-hybridized carbons (Fsp3) is 0.136. The van der Waals surface area contributed by atoms with Crippen molar-refractivity contribution in [1.29, 1.82) is 0 Å². The number of methoxy groups -OCH3 is 1. The minimum absolute atomic E-state index is 0.114. The lowest BCUT2D eigenvalue weighted by Gasteiger charge is -2.18. The second-order valence-electron chi connectivity index (χ2n) is 6.61. The summed E-state index contributed by atoms with van der Waals surface area (Å²) < 4.78 is 32.6. The second kappa shape index (κ2) is 9.19. The number of sulfonamides is 1. The molecule has 0 bridgehead atoms. The molecule has 3 rings (SSSR count). The Hall–Kier alpha value is -3.03. The molecular weight excluding hydrogens is 424 g/mol. The van der Waals surface area contributed by atoms with E-state index in [9.17, 15) is 13.2 Å². The van der Waals surface area contributed by atoms with E-state index in [2.05, 4.69) is 4.72 Å². The molecule has 3 aromatic carbocycles. The first-order valence-corrected chi connectivity index (χ1v) is 10.9. The molecule has 3 aromatic rings. The highest BCUT2D eigenvalue weighted by Crippen LogP contribution is 2.21. The number of hydrogen-bond acceptors (Lipinski definition) is 4. The van der Waals surface area contributed by atoms with Crippen LogP contribution in [0.1, 0.15) is 15.9 Å². The zero-order valence-corrected chi connectivity index (χ0v) is 18.1. The zero-order chi connectivity index (χ0) is 21.7. The third-order valence-corrected chi connectivity index (χ3v) is 6.23. The van der Waals surface area contributed by atoms with Gasteiger partial charge in [-0.15, -0.1) is 0 Å². The summed E-state index contributed by atoms with van der Waals surface area (Å²) in [4.78, 5) is 14.3. The number of carbonyl (C=O) groups excluding carboxylic acids is 1. The van der Waals surface area contributed by atoms with Gasteiger partial charge in [-0.05, 0) is 60.2 Å². The zero-order valence-electron chi connectivity index (χ0n) is 16.5. The second-order valence-corrected chi connectivity index (χ2v) is 8.70. The molecule has 1 amide bonds. The lowest BCUT2D eigenvalue weighted by atomic mass is 10.1. The molecule has 156 valence electrons. The Morgan fingerprint density at radius 2 is 1.63 bits per heavy atom. The monoisotopic (exact) mass is 444 g/mol. The van der Waals surface area contributed by atoms with Gasteiger partial charge >= 0.3 is 0 Å². The molecule has 6 nitrogen and oxygen atoms in total. The van der Waals surface area contributed by atoms with Crippen LogP contribution in [0.5, 0.6) is 5.75 Å². The summed E-state index contributed by atoms with van der Waals surface area (Å²) in [6, 6.07) is 19.7. The molecule has 0 spiro atoms. The average molecular weight is 445 g/mol. The third-order valence-electron chi connectivity index (χ3n) is 4.47. The van der Waals surface area contributed by atoms with E-state index in [4.69, 9.17) is 16.3 Å². The molecule has 0 radical (unpaired) electrons. The van der Waals surface area contributed by atoms with Crippen LogP contribution in [0, 0.1) is 0 Å². The Morgan fingerprint density at radius 3 is 2.23 bits per heavy atom. The molecule has 30 heavy (non-hydrogen) atoms. The van der Waals surface area contributed by atoms with E-state index in [-0.39, 0.29) is 10.8 Å². The van der Waals surface area contributed by atoms with Crippen molar-refractivity contribution >= 4 is 33.2 Å². The van der Waals surface area contributed by atoms with E-state index in [1.807, 2.05) is 18.2 Å². The van der Waals surface area contributed by atoms with Crippen molar-refractivity contribution in [3.8, 4) is 5.75 Å². The van der Waals surface area contributed by atoms with Gasteiger partial charge in [-0.25, -0.2) is 8.42 Å². The molecule has 0 aliphatic carbocycles. The highest BCUT2D eigenvalue weighted by atomic mass is 35.5. The van der Waals surface area contributed by atoms with E-state index in [1.165, 1.54) is 19.2 Å². The van der Waals surface area contributed by atoms with Gasteiger partial charge in [0.2, 0.25) is 0 Å². The largest absolute Gasteiger partial charge is 0.497 e. The summed E-state index contributed by atoms with van der Waals surface area (Å²) in [5.41, 5.74) is 1.65. The maximum absolute atomic E-state index is 12.7. The number of ether oxygens (including phenoxy) is 1. The predicted octanol–water partition coefficient (Wildman–Crippen LogP) is 4.42. The van der Waals surface area contributed by atoms with Gasteiger partial charge in [-0.3, -0.25) is 9.52 Å². The molecule has 0 aliphatic heterocycles. The lowest BCUT2D eigenvalue weighted by molar-refractivity contribution is 0.0785. The van der Waals surface area contributed by atoms with Crippen molar-refractivity contribution in [3.05, 3.63) is 88.9 Å². The lowest BCUT2D eigenvalue weighted by Crippen LogP contribution is -2.26. The van der Waals surface area contributed by atoms with Gasteiger partial charge in [0, 0.05) is 29.9 Å². The van der Waals surface area contributed by atoms with E-state index in [0.29, 0.717) is 28.6 Å². The highest BCUT2D eigenvalue weighted by molar-refractivity contribution is 7.92. The Morgan fingerprint density at radius 1 is 1.00 bits per heavy atom. The summed E-state index contributed by atoms with van der Waals surface area (Å²) in [5.74, 6) is 0.372. The highest BCUT2D eigenvalue weighted by Gasteiger charge is 2.16. The topological polar surface area (TPSA) is 75.7 Å².